The van der Waals surface area contributed by atoms with Crippen molar-refractivity contribution in [2.75, 3.05) is 18.8 Å². The van der Waals surface area contributed by atoms with Crippen LogP contribution in [-0.4, -0.2) is 36.6 Å². The summed E-state index contributed by atoms with van der Waals surface area (Å²) in [4.78, 5) is 35.5. The molecule has 0 radical (unpaired) electrons. The van der Waals surface area contributed by atoms with Crippen LogP contribution < -0.4 is 16.4 Å². The minimum atomic E-state index is -0.273. The second kappa shape index (κ2) is 19.0. The molecule has 2 heterocycles. The quantitative estimate of drug-likeness (QED) is 0.0874. The van der Waals surface area contributed by atoms with Crippen molar-refractivity contribution in [3.8, 4) is 0 Å². The summed E-state index contributed by atoms with van der Waals surface area (Å²) in [7, 11) is 0. The van der Waals surface area contributed by atoms with Crippen molar-refractivity contribution < 1.29 is 14.4 Å². The maximum atomic E-state index is 11.5. The predicted octanol–water partition coefficient (Wildman–Crippen LogP) is 6.82. The van der Waals surface area contributed by atoms with Crippen LogP contribution in [0.15, 0.2) is 161 Å². The number of hydrogen-bond acceptors (Lipinski definition) is 5. The van der Waals surface area contributed by atoms with Crippen molar-refractivity contribution in [1.82, 2.24) is 10.6 Å². The summed E-state index contributed by atoms with van der Waals surface area (Å²) >= 11 is 5.74. The summed E-state index contributed by atoms with van der Waals surface area (Å²) in [6.45, 7) is 1.59. The number of benzene rings is 5. The summed E-state index contributed by atoms with van der Waals surface area (Å²) < 4.78 is 0. The highest BCUT2D eigenvalue weighted by atomic mass is 32.2. The Kier molecular flexibility index (Phi) is 14.2. The summed E-state index contributed by atoms with van der Waals surface area (Å²) in [5, 5.41) is 5.44. The molecule has 8 heteroatoms. The molecule has 2 aliphatic rings. The number of thiol groups is 1. The van der Waals surface area contributed by atoms with Gasteiger partial charge in [-0.15, -0.1) is 24.4 Å². The zero-order valence-corrected chi connectivity index (χ0v) is 27.7. The van der Waals surface area contributed by atoms with Gasteiger partial charge in [-0.05, 0) is 41.0 Å². The summed E-state index contributed by atoms with van der Waals surface area (Å²) in [6.07, 6.45) is 0. The van der Waals surface area contributed by atoms with Crippen LogP contribution in [-0.2, 0) is 14.4 Å². The van der Waals surface area contributed by atoms with Gasteiger partial charge in [0.2, 0.25) is 17.7 Å². The Labute approximate surface area is 286 Å². The number of primary amides is 1. The van der Waals surface area contributed by atoms with Gasteiger partial charge in [0.1, 0.15) is 0 Å². The van der Waals surface area contributed by atoms with Crippen LogP contribution in [0.2, 0.25) is 0 Å². The molecule has 1 unspecified atom stereocenters. The molecule has 47 heavy (non-hydrogen) atoms. The van der Waals surface area contributed by atoms with Gasteiger partial charge in [0, 0.05) is 28.6 Å². The third-order valence-electron chi connectivity index (χ3n) is 7.46. The van der Waals surface area contributed by atoms with E-state index in [1.54, 1.807) is 11.8 Å². The first-order valence-electron chi connectivity index (χ1n) is 15.3. The van der Waals surface area contributed by atoms with Crippen LogP contribution in [0.3, 0.4) is 0 Å². The average molecular weight is 662 g/mol. The molecule has 3 amide bonds. The van der Waals surface area contributed by atoms with E-state index < -0.39 is 0 Å². The van der Waals surface area contributed by atoms with Gasteiger partial charge < -0.3 is 16.4 Å². The van der Waals surface area contributed by atoms with E-state index in [9.17, 15) is 14.4 Å². The second-order valence-electron chi connectivity index (χ2n) is 10.7. The normalized spacial score (nSPS) is 16.3. The van der Waals surface area contributed by atoms with Crippen molar-refractivity contribution in [2.24, 2.45) is 5.73 Å². The molecule has 3 atom stereocenters. The van der Waals surface area contributed by atoms with E-state index >= 15 is 0 Å². The van der Waals surface area contributed by atoms with Crippen LogP contribution in [0, 0.1) is 0 Å². The van der Waals surface area contributed by atoms with Crippen LogP contribution in [0.5, 0.6) is 0 Å². The molecule has 6 nitrogen and oxygen atoms in total. The maximum absolute atomic E-state index is 11.5. The molecule has 0 saturated carbocycles. The van der Waals surface area contributed by atoms with Crippen LogP contribution >= 0.6 is 24.4 Å². The Bertz CT molecular complexity index is 1600. The van der Waals surface area contributed by atoms with Gasteiger partial charge in [0.25, 0.3) is 0 Å². The summed E-state index contributed by atoms with van der Waals surface area (Å²) in [6, 6.07) is 49.2. The van der Waals surface area contributed by atoms with E-state index in [1.807, 2.05) is 152 Å². The molecular weight excluding hydrogens is 623 g/mol. The van der Waals surface area contributed by atoms with Crippen molar-refractivity contribution in [3.05, 3.63) is 168 Å². The fourth-order valence-electron chi connectivity index (χ4n) is 4.64. The molecule has 2 fully saturated rings. The monoisotopic (exact) mass is 661 g/mol. The smallest absolute Gasteiger partial charge is 0.229 e. The molecule has 2 saturated heterocycles. The first kappa shape index (κ1) is 35.1. The number of amides is 3. The highest BCUT2D eigenvalue weighted by Gasteiger charge is 2.29. The number of hydrogen-bond donors (Lipinski definition) is 4. The molecule has 4 N–H and O–H groups in total. The van der Waals surface area contributed by atoms with Crippen molar-refractivity contribution in [3.63, 3.8) is 0 Å². The molecule has 0 bridgehead atoms. The molecule has 240 valence electrons. The summed E-state index contributed by atoms with van der Waals surface area (Å²) in [5.41, 5.74) is 8.70. The highest BCUT2D eigenvalue weighted by molar-refractivity contribution is 7.99. The first-order valence-corrected chi connectivity index (χ1v) is 16.8. The van der Waals surface area contributed by atoms with Gasteiger partial charge in [0.05, 0.1) is 17.8 Å². The topological polar surface area (TPSA) is 101 Å². The van der Waals surface area contributed by atoms with E-state index in [4.69, 9.17) is 5.73 Å². The minimum Gasteiger partial charge on any atom is -0.369 e. The first-order chi connectivity index (χ1) is 22.9. The molecule has 0 spiro atoms. The van der Waals surface area contributed by atoms with E-state index in [0.29, 0.717) is 5.75 Å². The second-order valence-corrected chi connectivity index (χ2v) is 12.4. The molecular formula is C39H39N3O3S2. The van der Waals surface area contributed by atoms with E-state index in [0.717, 1.165) is 39.6 Å². The molecule has 7 rings (SSSR count). The lowest BCUT2D eigenvalue weighted by molar-refractivity contribution is -0.128. The fraction of sp³-hybridized carbons (Fsp3) is 0.154. The number of nitrogens with one attached hydrogen (secondary N) is 2. The van der Waals surface area contributed by atoms with Crippen molar-refractivity contribution in [1.29, 1.82) is 0 Å². The van der Waals surface area contributed by atoms with Crippen molar-refractivity contribution in [2.45, 2.75) is 27.5 Å². The molecule has 2 aliphatic heterocycles. The number of nitrogens with two attached hydrogens (primary N) is 1. The van der Waals surface area contributed by atoms with Gasteiger partial charge in [-0.1, -0.05) is 127 Å². The summed E-state index contributed by atoms with van der Waals surface area (Å²) in [5.74, 6) is 0.671. The minimum absolute atomic E-state index is 0.108. The lowest BCUT2D eigenvalue weighted by Crippen LogP contribution is -2.46. The van der Waals surface area contributed by atoms with E-state index in [2.05, 4.69) is 23.3 Å². The fourth-order valence-corrected chi connectivity index (χ4v) is 5.87. The number of thioether (sulfide) groups is 1. The van der Waals surface area contributed by atoms with Gasteiger partial charge in [0.15, 0.2) is 0 Å². The predicted molar refractivity (Wildman–Crippen MR) is 194 cm³/mol. The Balaban J connectivity index is 0.000000150. The SMILES string of the molecule is NC(=O)[C@@H](CSc1ccccc1)c1ccccc1.O=C1NCC1c1ccccc1.O=C1NC[C@H]1c1ccccc1.Sc1ccccc1. The maximum Gasteiger partial charge on any atom is 0.229 e. The Morgan fingerprint density at radius 1 is 0.638 bits per heavy atom. The zero-order chi connectivity index (χ0) is 33.3. The lowest BCUT2D eigenvalue weighted by Gasteiger charge is -2.25. The van der Waals surface area contributed by atoms with E-state index in [-0.39, 0.29) is 35.5 Å². The molecule has 0 aliphatic carbocycles. The average Bonchev–Trinajstić information content (AvgIpc) is 3.10. The van der Waals surface area contributed by atoms with Crippen LogP contribution in [0.25, 0.3) is 0 Å². The number of carbonyl (C=O) groups is 3. The molecule has 5 aromatic rings. The Hall–Kier alpha value is -4.79. The molecule has 5 aromatic carbocycles. The third kappa shape index (κ3) is 11.5. The number of rotatable bonds is 7. The van der Waals surface area contributed by atoms with Crippen molar-refractivity contribution >= 4 is 42.1 Å². The van der Waals surface area contributed by atoms with Gasteiger partial charge in [-0.25, -0.2) is 0 Å². The highest BCUT2D eigenvalue weighted by Crippen LogP contribution is 2.26. The third-order valence-corrected chi connectivity index (χ3v) is 8.86. The van der Waals surface area contributed by atoms with Gasteiger partial charge >= 0.3 is 0 Å². The number of carbonyl (C=O) groups excluding carboxylic acids is 3. The van der Waals surface area contributed by atoms with E-state index in [1.165, 1.54) is 0 Å². The number of β-lactam (4-membered cyclic amide) rings is 2. The van der Waals surface area contributed by atoms with Crippen LogP contribution in [0.4, 0.5) is 0 Å². The van der Waals surface area contributed by atoms with Gasteiger partial charge in [-0.3, -0.25) is 14.4 Å². The van der Waals surface area contributed by atoms with Crippen LogP contribution in [0.1, 0.15) is 34.4 Å². The Morgan fingerprint density at radius 3 is 1.34 bits per heavy atom. The Morgan fingerprint density at radius 2 is 1.02 bits per heavy atom. The molecule has 0 aromatic heterocycles. The lowest BCUT2D eigenvalue weighted by atomic mass is 9.93. The largest absolute Gasteiger partial charge is 0.369 e. The van der Waals surface area contributed by atoms with Gasteiger partial charge in [-0.2, -0.15) is 0 Å². The standard InChI is InChI=1S/C15H15NOS.2C9H9NO.C6H6S/c16-15(17)14(12-7-3-1-4-8-12)11-18-13-9-5-2-6-10-13;2*11-9-8(6-10-9)7-4-2-1-3-5-7;7-6-4-2-1-3-5-6/h1-10,14H,11H2,(H2,16,17);2*1-5,8H,6H2,(H,10,11);1-5,7H/t14-;8-;;/m00../s1. The zero-order valence-electron chi connectivity index (χ0n) is 25.9.